The van der Waals surface area contributed by atoms with Gasteiger partial charge in [-0.25, -0.2) is 8.78 Å². The maximum Gasteiger partial charge on any atom is 0.191 e. The van der Waals surface area contributed by atoms with Crippen LogP contribution < -0.4 is 4.74 Å². The van der Waals surface area contributed by atoms with Crippen molar-refractivity contribution in [2.24, 2.45) is 7.05 Å². The Morgan fingerprint density at radius 2 is 1.89 bits per heavy atom. The molecule has 19 heavy (non-hydrogen) atoms. The van der Waals surface area contributed by atoms with Gasteiger partial charge in [0.25, 0.3) is 0 Å². The van der Waals surface area contributed by atoms with Crippen molar-refractivity contribution in [2.45, 2.75) is 20.1 Å². The molecule has 0 aliphatic rings. The van der Waals surface area contributed by atoms with E-state index in [2.05, 4.69) is 10.2 Å². The largest absolute Gasteiger partial charge is 0.479 e. The zero-order chi connectivity index (χ0) is 14.0. The summed E-state index contributed by atoms with van der Waals surface area (Å²) < 4.78 is 33.9. The molecular weight excluding hydrogens is 256 g/mol. The van der Waals surface area contributed by atoms with Gasteiger partial charge in [0, 0.05) is 7.05 Å². The van der Waals surface area contributed by atoms with Gasteiger partial charge >= 0.3 is 0 Å². The lowest BCUT2D eigenvalue weighted by Crippen LogP contribution is -2.06. The van der Waals surface area contributed by atoms with Crippen LogP contribution in [0.4, 0.5) is 8.78 Å². The number of aryl methyl sites for hydroxylation is 1. The number of aliphatic hydroxyl groups excluding tert-OH is 1. The standard InChI is InChI=1S/C12H13F2N3O2/c1-7-15-16-11(17(7)2)6-19-12-9(13)3-8(5-18)4-10(12)14/h3-4,18H,5-6H2,1-2H3. The molecule has 0 aliphatic carbocycles. The van der Waals surface area contributed by atoms with Crippen molar-refractivity contribution in [2.75, 3.05) is 0 Å². The molecular formula is C12H13F2N3O2. The minimum absolute atomic E-state index is 0.0936. The van der Waals surface area contributed by atoms with Crippen molar-refractivity contribution in [3.8, 4) is 5.75 Å². The highest BCUT2D eigenvalue weighted by Gasteiger charge is 2.14. The van der Waals surface area contributed by atoms with E-state index in [1.807, 2.05) is 0 Å². The fraction of sp³-hybridized carbons (Fsp3) is 0.333. The lowest BCUT2D eigenvalue weighted by Gasteiger charge is -2.09. The topological polar surface area (TPSA) is 60.2 Å². The summed E-state index contributed by atoms with van der Waals surface area (Å²) in [5, 5.41) is 16.5. The molecule has 0 fully saturated rings. The summed E-state index contributed by atoms with van der Waals surface area (Å²) in [6.07, 6.45) is 0. The SMILES string of the molecule is Cc1nnc(COc2c(F)cc(CO)cc2F)n1C. The Kier molecular flexibility index (Phi) is 3.75. The first-order chi connectivity index (χ1) is 9.02. The Balaban J connectivity index is 2.18. The second-order valence-corrected chi connectivity index (χ2v) is 4.06. The van der Waals surface area contributed by atoms with E-state index < -0.39 is 24.0 Å². The van der Waals surface area contributed by atoms with Gasteiger partial charge in [0.2, 0.25) is 0 Å². The summed E-state index contributed by atoms with van der Waals surface area (Å²) in [5.41, 5.74) is 0.150. The van der Waals surface area contributed by atoms with E-state index in [4.69, 9.17) is 9.84 Å². The van der Waals surface area contributed by atoms with Crippen LogP contribution in [0, 0.1) is 18.6 Å². The lowest BCUT2D eigenvalue weighted by molar-refractivity contribution is 0.257. The number of ether oxygens (including phenoxy) is 1. The van der Waals surface area contributed by atoms with Crippen molar-refractivity contribution in [3.05, 3.63) is 41.0 Å². The number of hydrogen-bond acceptors (Lipinski definition) is 4. The third-order valence-corrected chi connectivity index (χ3v) is 2.77. The van der Waals surface area contributed by atoms with Crippen LogP contribution >= 0.6 is 0 Å². The van der Waals surface area contributed by atoms with Crippen LogP contribution in [0.3, 0.4) is 0 Å². The van der Waals surface area contributed by atoms with Crippen LogP contribution in [-0.4, -0.2) is 19.9 Å². The molecule has 7 heteroatoms. The van der Waals surface area contributed by atoms with Gasteiger partial charge in [0.15, 0.2) is 23.2 Å². The van der Waals surface area contributed by atoms with E-state index in [-0.39, 0.29) is 12.2 Å². The van der Waals surface area contributed by atoms with Crippen LogP contribution in [0.2, 0.25) is 0 Å². The first-order valence-electron chi connectivity index (χ1n) is 5.59. The van der Waals surface area contributed by atoms with Crippen LogP contribution in [0.1, 0.15) is 17.2 Å². The normalized spacial score (nSPS) is 10.8. The van der Waals surface area contributed by atoms with E-state index in [1.165, 1.54) is 0 Å². The van der Waals surface area contributed by atoms with Crippen molar-refractivity contribution < 1.29 is 18.6 Å². The molecule has 1 N–H and O–H groups in total. The van der Waals surface area contributed by atoms with Crippen molar-refractivity contribution in [3.63, 3.8) is 0 Å². The zero-order valence-corrected chi connectivity index (χ0v) is 10.5. The maximum absolute atomic E-state index is 13.6. The zero-order valence-electron chi connectivity index (χ0n) is 10.5. The summed E-state index contributed by atoms with van der Waals surface area (Å²) in [6, 6.07) is 2.06. The molecule has 0 bridgehead atoms. The lowest BCUT2D eigenvalue weighted by atomic mass is 10.2. The molecule has 1 heterocycles. The predicted molar refractivity (Wildman–Crippen MR) is 62.4 cm³/mol. The number of rotatable bonds is 4. The third-order valence-electron chi connectivity index (χ3n) is 2.77. The molecule has 0 saturated carbocycles. The van der Waals surface area contributed by atoms with Gasteiger partial charge in [0.1, 0.15) is 12.4 Å². The number of aromatic nitrogens is 3. The summed E-state index contributed by atoms with van der Waals surface area (Å²) >= 11 is 0. The van der Waals surface area contributed by atoms with E-state index in [0.717, 1.165) is 12.1 Å². The van der Waals surface area contributed by atoms with E-state index in [1.54, 1.807) is 18.5 Å². The van der Waals surface area contributed by atoms with Gasteiger partial charge < -0.3 is 14.4 Å². The van der Waals surface area contributed by atoms with Crippen molar-refractivity contribution >= 4 is 0 Å². The highest BCUT2D eigenvalue weighted by atomic mass is 19.1. The Morgan fingerprint density at radius 3 is 2.37 bits per heavy atom. The quantitative estimate of drug-likeness (QED) is 0.913. The van der Waals surface area contributed by atoms with Gasteiger partial charge in [-0.1, -0.05) is 0 Å². The van der Waals surface area contributed by atoms with Crippen molar-refractivity contribution in [1.29, 1.82) is 0 Å². The summed E-state index contributed by atoms with van der Waals surface area (Å²) in [4.78, 5) is 0. The highest BCUT2D eigenvalue weighted by Crippen LogP contribution is 2.24. The first kappa shape index (κ1) is 13.4. The molecule has 0 radical (unpaired) electrons. The molecule has 1 aromatic carbocycles. The highest BCUT2D eigenvalue weighted by molar-refractivity contribution is 5.31. The molecule has 2 rings (SSSR count). The number of aliphatic hydroxyl groups is 1. The molecule has 5 nitrogen and oxygen atoms in total. The number of halogens is 2. The fourth-order valence-electron chi connectivity index (χ4n) is 1.55. The number of hydrogen-bond donors (Lipinski definition) is 1. The van der Waals surface area contributed by atoms with Crippen LogP contribution in [0.25, 0.3) is 0 Å². The second kappa shape index (κ2) is 5.31. The minimum atomic E-state index is -0.858. The Hall–Kier alpha value is -2.02. The van der Waals surface area contributed by atoms with E-state index in [0.29, 0.717) is 11.6 Å². The molecule has 0 aliphatic heterocycles. The molecule has 102 valence electrons. The minimum Gasteiger partial charge on any atom is -0.479 e. The average Bonchev–Trinajstić information content (AvgIpc) is 2.69. The number of nitrogens with zero attached hydrogens (tertiary/aromatic N) is 3. The van der Waals surface area contributed by atoms with E-state index in [9.17, 15) is 8.78 Å². The Labute approximate surface area is 108 Å². The van der Waals surface area contributed by atoms with E-state index >= 15 is 0 Å². The average molecular weight is 269 g/mol. The fourth-order valence-corrected chi connectivity index (χ4v) is 1.55. The van der Waals surface area contributed by atoms with Gasteiger partial charge in [-0.15, -0.1) is 10.2 Å². The number of benzene rings is 1. The molecule has 0 saturated heterocycles. The van der Waals surface area contributed by atoms with Gasteiger partial charge in [-0.3, -0.25) is 0 Å². The van der Waals surface area contributed by atoms with Crippen molar-refractivity contribution in [1.82, 2.24) is 14.8 Å². The van der Waals surface area contributed by atoms with Crippen LogP contribution in [0.15, 0.2) is 12.1 Å². The summed E-state index contributed by atoms with van der Waals surface area (Å²) in [5.74, 6) is -1.07. The van der Waals surface area contributed by atoms with Crippen LogP contribution in [0.5, 0.6) is 5.75 Å². The molecule has 0 atom stereocenters. The second-order valence-electron chi connectivity index (χ2n) is 4.06. The molecule has 0 unspecified atom stereocenters. The smallest absolute Gasteiger partial charge is 0.191 e. The third kappa shape index (κ3) is 2.70. The Bertz CT molecular complexity index is 576. The summed E-state index contributed by atoms with van der Waals surface area (Å²) in [7, 11) is 1.73. The van der Waals surface area contributed by atoms with Gasteiger partial charge in [-0.2, -0.15) is 0 Å². The maximum atomic E-state index is 13.6. The molecule has 1 aromatic heterocycles. The van der Waals surface area contributed by atoms with Crippen LogP contribution in [-0.2, 0) is 20.3 Å². The predicted octanol–water partition coefficient (Wildman–Crippen LogP) is 1.47. The Morgan fingerprint density at radius 1 is 1.26 bits per heavy atom. The first-order valence-corrected chi connectivity index (χ1v) is 5.59. The molecule has 2 aromatic rings. The monoisotopic (exact) mass is 269 g/mol. The van der Waals surface area contributed by atoms with Gasteiger partial charge in [-0.05, 0) is 24.6 Å². The molecule has 0 spiro atoms. The van der Waals surface area contributed by atoms with Gasteiger partial charge in [0.05, 0.1) is 6.61 Å². The summed E-state index contributed by atoms with van der Waals surface area (Å²) in [6.45, 7) is 1.23. The molecule has 0 amide bonds.